The first-order valence-corrected chi connectivity index (χ1v) is 10.4. The summed E-state index contributed by atoms with van der Waals surface area (Å²) in [4.78, 5) is 16.9. The summed E-state index contributed by atoms with van der Waals surface area (Å²) >= 11 is 1.51. The summed E-state index contributed by atoms with van der Waals surface area (Å²) in [6, 6.07) is 12.5. The number of ether oxygens (including phenoxy) is 3. The molecule has 0 fully saturated rings. The fourth-order valence-corrected chi connectivity index (χ4v) is 3.15. The summed E-state index contributed by atoms with van der Waals surface area (Å²) in [6.07, 6.45) is 2.01. The normalized spacial score (nSPS) is 10.4. The Morgan fingerprint density at radius 2 is 1.97 bits per heavy atom. The third kappa shape index (κ3) is 5.71. The van der Waals surface area contributed by atoms with Crippen molar-refractivity contribution in [2.45, 2.75) is 26.4 Å². The largest absolute Gasteiger partial charge is 0.493 e. The fraction of sp³-hybridized carbons (Fsp3) is 0.273. The molecule has 2 aromatic carbocycles. The summed E-state index contributed by atoms with van der Waals surface area (Å²) < 4.78 is 16.9. The second-order valence-corrected chi connectivity index (χ2v) is 7.01. The van der Waals surface area contributed by atoms with Gasteiger partial charge >= 0.3 is 0 Å². The molecule has 0 aliphatic carbocycles. The van der Waals surface area contributed by atoms with Crippen molar-refractivity contribution in [3.63, 3.8) is 0 Å². The van der Waals surface area contributed by atoms with E-state index in [1.165, 1.54) is 11.3 Å². The molecule has 152 valence electrons. The smallest absolute Gasteiger partial charge is 0.255 e. The number of hydrogen-bond acceptors (Lipinski definition) is 6. The Kier molecular flexibility index (Phi) is 7.47. The Labute approximate surface area is 174 Å². The van der Waals surface area contributed by atoms with Crippen LogP contribution in [0.1, 0.15) is 35.8 Å². The first kappa shape index (κ1) is 20.7. The minimum Gasteiger partial charge on any atom is -0.493 e. The third-order valence-electron chi connectivity index (χ3n) is 4.18. The maximum Gasteiger partial charge on any atom is 0.255 e. The molecule has 0 aliphatic rings. The number of hydrogen-bond donors (Lipinski definition) is 1. The zero-order valence-electron chi connectivity index (χ0n) is 16.5. The summed E-state index contributed by atoms with van der Waals surface area (Å²) in [5, 5.41) is 4.83. The lowest BCUT2D eigenvalue weighted by Crippen LogP contribution is -2.13. The van der Waals surface area contributed by atoms with Gasteiger partial charge in [-0.2, -0.15) is 0 Å². The Morgan fingerprint density at radius 1 is 1.10 bits per heavy atom. The van der Waals surface area contributed by atoms with Crippen LogP contribution >= 0.6 is 11.3 Å². The maximum atomic E-state index is 12.7. The van der Waals surface area contributed by atoms with Crippen molar-refractivity contribution in [3.8, 4) is 17.2 Å². The van der Waals surface area contributed by atoms with Crippen LogP contribution in [0.25, 0.3) is 0 Å². The van der Waals surface area contributed by atoms with Crippen LogP contribution < -0.4 is 19.5 Å². The topological polar surface area (TPSA) is 69.7 Å². The van der Waals surface area contributed by atoms with Crippen LogP contribution in [0.3, 0.4) is 0 Å². The number of thiazole rings is 1. The molecule has 3 aromatic rings. The van der Waals surface area contributed by atoms with Crippen molar-refractivity contribution in [2.75, 3.05) is 19.0 Å². The number of aromatic nitrogens is 1. The van der Waals surface area contributed by atoms with Crippen LogP contribution in [0.2, 0.25) is 0 Å². The standard InChI is InChI=1S/C22H24N2O4S/c1-3-4-11-27-19-8-6-5-7-18(19)24-22(25)16-9-10-20(21(12-16)26-2)28-13-17-14-29-15-23-17/h5-10,12,14-15H,3-4,11,13H2,1-2H3,(H,24,25). The molecule has 0 radical (unpaired) electrons. The van der Waals surface area contributed by atoms with E-state index in [4.69, 9.17) is 14.2 Å². The van der Waals surface area contributed by atoms with E-state index in [9.17, 15) is 4.79 Å². The van der Waals surface area contributed by atoms with Gasteiger partial charge in [0.2, 0.25) is 0 Å². The van der Waals surface area contributed by atoms with E-state index >= 15 is 0 Å². The van der Waals surface area contributed by atoms with Crippen LogP contribution in [0.5, 0.6) is 17.2 Å². The predicted molar refractivity (Wildman–Crippen MR) is 114 cm³/mol. The molecule has 0 aliphatic heterocycles. The van der Waals surface area contributed by atoms with Crippen LogP contribution in [-0.4, -0.2) is 24.6 Å². The molecule has 0 saturated carbocycles. The van der Waals surface area contributed by atoms with E-state index in [-0.39, 0.29) is 5.91 Å². The Morgan fingerprint density at radius 3 is 2.72 bits per heavy atom. The monoisotopic (exact) mass is 412 g/mol. The Hall–Kier alpha value is -3.06. The van der Waals surface area contributed by atoms with Crippen molar-refractivity contribution in [3.05, 3.63) is 64.6 Å². The van der Waals surface area contributed by atoms with Gasteiger partial charge < -0.3 is 19.5 Å². The number of anilines is 1. The van der Waals surface area contributed by atoms with Crippen LogP contribution in [0.15, 0.2) is 53.4 Å². The molecule has 0 saturated heterocycles. The highest BCUT2D eigenvalue weighted by molar-refractivity contribution is 7.07. The zero-order valence-corrected chi connectivity index (χ0v) is 17.3. The van der Waals surface area contributed by atoms with Crippen molar-refractivity contribution >= 4 is 22.9 Å². The zero-order chi connectivity index (χ0) is 20.5. The number of amides is 1. The van der Waals surface area contributed by atoms with Gasteiger partial charge in [0.05, 0.1) is 30.6 Å². The van der Waals surface area contributed by atoms with Crippen molar-refractivity contribution in [1.29, 1.82) is 0 Å². The Balaban J connectivity index is 1.69. The first-order chi connectivity index (χ1) is 14.2. The van der Waals surface area contributed by atoms with Crippen molar-refractivity contribution in [2.24, 2.45) is 0 Å². The Bertz CT molecular complexity index is 928. The molecule has 7 heteroatoms. The highest BCUT2D eigenvalue weighted by atomic mass is 32.1. The second-order valence-electron chi connectivity index (χ2n) is 6.29. The van der Waals surface area contributed by atoms with Gasteiger partial charge in [-0.1, -0.05) is 25.5 Å². The number of benzene rings is 2. The van der Waals surface area contributed by atoms with E-state index < -0.39 is 0 Å². The molecule has 1 amide bonds. The molecule has 1 heterocycles. The van der Waals surface area contributed by atoms with Crippen LogP contribution in [0.4, 0.5) is 5.69 Å². The highest BCUT2D eigenvalue weighted by Gasteiger charge is 2.14. The number of nitrogens with one attached hydrogen (secondary N) is 1. The van der Waals surface area contributed by atoms with Gasteiger partial charge in [0.1, 0.15) is 12.4 Å². The van der Waals surface area contributed by atoms with Crippen molar-refractivity contribution < 1.29 is 19.0 Å². The van der Waals surface area contributed by atoms with Gasteiger partial charge in [0.15, 0.2) is 11.5 Å². The second kappa shape index (κ2) is 10.5. The number of unbranched alkanes of at least 4 members (excludes halogenated alkanes) is 1. The lowest BCUT2D eigenvalue weighted by molar-refractivity contribution is 0.102. The molecule has 29 heavy (non-hydrogen) atoms. The van der Waals surface area contributed by atoms with Gasteiger partial charge in [0, 0.05) is 10.9 Å². The summed E-state index contributed by atoms with van der Waals surface area (Å²) in [5.41, 5.74) is 3.70. The average Bonchev–Trinajstić information content (AvgIpc) is 3.27. The van der Waals surface area contributed by atoms with Gasteiger partial charge in [-0.25, -0.2) is 4.98 Å². The molecule has 1 N–H and O–H groups in total. The van der Waals surface area contributed by atoms with Crippen LogP contribution in [-0.2, 0) is 6.61 Å². The van der Waals surface area contributed by atoms with E-state index in [2.05, 4.69) is 17.2 Å². The van der Waals surface area contributed by atoms with Crippen molar-refractivity contribution in [1.82, 2.24) is 4.98 Å². The van der Waals surface area contributed by atoms with Crippen LogP contribution in [0, 0.1) is 0 Å². The molecule has 1 aromatic heterocycles. The highest BCUT2D eigenvalue weighted by Crippen LogP contribution is 2.30. The fourth-order valence-electron chi connectivity index (χ4n) is 2.61. The maximum absolute atomic E-state index is 12.7. The van der Waals surface area contributed by atoms with Gasteiger partial charge in [-0.15, -0.1) is 11.3 Å². The summed E-state index contributed by atoms with van der Waals surface area (Å²) in [7, 11) is 1.55. The minimum absolute atomic E-state index is 0.249. The number of nitrogens with zero attached hydrogens (tertiary/aromatic N) is 1. The molecule has 0 unspecified atom stereocenters. The lowest BCUT2D eigenvalue weighted by atomic mass is 10.1. The molecule has 0 atom stereocenters. The number of para-hydroxylation sites is 2. The number of methoxy groups -OCH3 is 1. The lowest BCUT2D eigenvalue weighted by Gasteiger charge is -2.14. The first-order valence-electron chi connectivity index (χ1n) is 9.42. The average molecular weight is 413 g/mol. The number of rotatable bonds is 10. The molecule has 0 bridgehead atoms. The molecule has 0 spiro atoms. The van der Waals surface area contributed by atoms with E-state index in [1.807, 2.05) is 29.6 Å². The van der Waals surface area contributed by atoms with Gasteiger partial charge in [0.25, 0.3) is 5.91 Å². The molecule has 3 rings (SSSR count). The summed E-state index contributed by atoms with van der Waals surface area (Å²) in [6.45, 7) is 3.06. The third-order valence-corrected chi connectivity index (χ3v) is 4.81. The van der Waals surface area contributed by atoms with E-state index in [0.29, 0.717) is 41.7 Å². The van der Waals surface area contributed by atoms with Gasteiger partial charge in [-0.3, -0.25) is 4.79 Å². The van der Waals surface area contributed by atoms with Gasteiger partial charge in [-0.05, 0) is 36.8 Å². The number of carbonyl (C=O) groups is 1. The predicted octanol–water partition coefficient (Wildman–Crippen LogP) is 5.16. The van der Waals surface area contributed by atoms with E-state index in [0.717, 1.165) is 18.5 Å². The molecular weight excluding hydrogens is 388 g/mol. The summed E-state index contributed by atoms with van der Waals surface area (Å²) in [5.74, 6) is 1.45. The molecular formula is C22H24N2O4S. The quantitative estimate of drug-likeness (QED) is 0.466. The van der Waals surface area contributed by atoms with E-state index in [1.54, 1.807) is 30.8 Å². The number of carbonyl (C=O) groups excluding carboxylic acids is 1. The molecule has 6 nitrogen and oxygen atoms in total. The SMILES string of the molecule is CCCCOc1ccccc1NC(=O)c1ccc(OCc2cscn2)c(OC)c1. The minimum atomic E-state index is -0.249.